The monoisotopic (exact) mass is 378 g/mol. The Morgan fingerprint density at radius 3 is 2.62 bits per heavy atom. The minimum Gasteiger partial charge on any atom is -0.261 e. The topological polar surface area (TPSA) is 84.2 Å². The Bertz CT molecular complexity index is 862. The lowest BCUT2D eigenvalue weighted by Gasteiger charge is -2.33. The second kappa shape index (κ2) is 7.42. The van der Waals surface area contributed by atoms with Crippen LogP contribution in [0.2, 0.25) is 0 Å². The lowest BCUT2D eigenvalue weighted by Crippen LogP contribution is -2.45. The van der Waals surface area contributed by atoms with E-state index in [1.165, 1.54) is 4.31 Å². The number of piperidine rings is 1. The lowest BCUT2D eigenvalue weighted by molar-refractivity contribution is 0.296. The van der Waals surface area contributed by atoms with Crippen molar-refractivity contribution in [2.75, 3.05) is 27.2 Å². The molecule has 1 aliphatic rings. The third-order valence-electron chi connectivity index (χ3n) is 4.69. The summed E-state index contributed by atoms with van der Waals surface area (Å²) in [6.45, 7) is 5.09. The molecule has 1 fully saturated rings. The van der Waals surface area contributed by atoms with E-state index in [1.807, 2.05) is 10.7 Å². The third kappa shape index (κ3) is 3.51. The average molecular weight is 379 g/mol. The van der Waals surface area contributed by atoms with Crippen LogP contribution in [0.3, 0.4) is 0 Å². The molecule has 2 aromatic rings. The quantitative estimate of drug-likeness (QED) is 0.793. The zero-order valence-corrected chi connectivity index (χ0v) is 16.5. The molecule has 0 bridgehead atoms. The van der Waals surface area contributed by atoms with Crippen LogP contribution in [0.5, 0.6) is 0 Å². The van der Waals surface area contributed by atoms with Crippen molar-refractivity contribution in [1.29, 1.82) is 0 Å². The smallest absolute Gasteiger partial charge is 0.261 e. The molecule has 3 rings (SSSR count). The van der Waals surface area contributed by atoms with E-state index >= 15 is 0 Å². The molecule has 3 heterocycles. The van der Waals surface area contributed by atoms with Gasteiger partial charge >= 0.3 is 0 Å². The van der Waals surface area contributed by atoms with Gasteiger partial charge in [-0.1, -0.05) is 0 Å². The Hall–Kier alpha value is -1.84. The molecule has 0 spiro atoms. The summed E-state index contributed by atoms with van der Waals surface area (Å²) >= 11 is 0. The molecule has 2 aromatic heterocycles. The number of hydrogen-bond acceptors (Lipinski definition) is 5. The number of aromatic nitrogens is 4. The van der Waals surface area contributed by atoms with Gasteiger partial charge in [0.1, 0.15) is 5.69 Å². The molecule has 26 heavy (non-hydrogen) atoms. The van der Waals surface area contributed by atoms with E-state index in [-0.39, 0.29) is 12.0 Å². The lowest BCUT2D eigenvalue weighted by atomic mass is 9.93. The van der Waals surface area contributed by atoms with Gasteiger partial charge in [-0.25, -0.2) is 0 Å². The first-order valence-electron chi connectivity index (χ1n) is 8.84. The van der Waals surface area contributed by atoms with Gasteiger partial charge in [0.05, 0.1) is 11.4 Å². The van der Waals surface area contributed by atoms with Crippen molar-refractivity contribution in [3.05, 3.63) is 30.4 Å². The molecule has 0 unspecified atom stereocenters. The zero-order valence-electron chi connectivity index (χ0n) is 15.7. The number of hydrogen-bond donors (Lipinski definition) is 0. The molecule has 0 N–H and O–H groups in total. The molecule has 9 heteroatoms. The van der Waals surface area contributed by atoms with E-state index in [0.717, 1.165) is 29.9 Å². The SMILES string of the molecule is CC(C)n1nccc1-c1nccnc1[C@H]1CCCN(S(=O)(=O)N(C)C)C1. The van der Waals surface area contributed by atoms with Gasteiger partial charge in [-0.05, 0) is 32.8 Å². The summed E-state index contributed by atoms with van der Waals surface area (Å²) in [5, 5.41) is 4.39. The van der Waals surface area contributed by atoms with Gasteiger partial charge in [0.2, 0.25) is 0 Å². The molecule has 0 amide bonds. The molecule has 8 nitrogen and oxygen atoms in total. The van der Waals surface area contributed by atoms with Gasteiger partial charge in [-0.2, -0.15) is 22.1 Å². The van der Waals surface area contributed by atoms with Crippen molar-refractivity contribution in [1.82, 2.24) is 28.4 Å². The molecule has 1 aliphatic heterocycles. The summed E-state index contributed by atoms with van der Waals surface area (Å²) in [5.41, 5.74) is 2.54. The van der Waals surface area contributed by atoms with Crippen molar-refractivity contribution in [2.45, 2.75) is 38.6 Å². The van der Waals surface area contributed by atoms with Crippen LogP contribution in [0.4, 0.5) is 0 Å². The van der Waals surface area contributed by atoms with Crippen LogP contribution in [-0.2, 0) is 10.2 Å². The molecule has 0 radical (unpaired) electrons. The second-order valence-corrected chi connectivity index (χ2v) is 9.17. The van der Waals surface area contributed by atoms with E-state index in [9.17, 15) is 8.42 Å². The van der Waals surface area contributed by atoms with Crippen LogP contribution < -0.4 is 0 Å². The van der Waals surface area contributed by atoms with Crippen LogP contribution in [0.25, 0.3) is 11.4 Å². The highest BCUT2D eigenvalue weighted by Crippen LogP contribution is 2.33. The van der Waals surface area contributed by atoms with Crippen LogP contribution in [0, 0.1) is 0 Å². The van der Waals surface area contributed by atoms with E-state index in [2.05, 4.69) is 28.9 Å². The largest absolute Gasteiger partial charge is 0.281 e. The summed E-state index contributed by atoms with van der Waals surface area (Å²) in [5.74, 6) is 0.0117. The Labute approximate surface area is 155 Å². The summed E-state index contributed by atoms with van der Waals surface area (Å²) in [4.78, 5) is 9.14. The van der Waals surface area contributed by atoms with Crippen LogP contribution in [0.1, 0.15) is 44.3 Å². The predicted octanol–water partition coefficient (Wildman–Crippen LogP) is 1.91. The maximum atomic E-state index is 12.5. The number of rotatable bonds is 5. The van der Waals surface area contributed by atoms with Crippen LogP contribution in [0.15, 0.2) is 24.7 Å². The summed E-state index contributed by atoms with van der Waals surface area (Å²) < 4.78 is 29.8. The van der Waals surface area contributed by atoms with Crippen molar-refractivity contribution in [3.63, 3.8) is 0 Å². The van der Waals surface area contributed by atoms with Gasteiger partial charge < -0.3 is 0 Å². The molecule has 0 aromatic carbocycles. The fourth-order valence-electron chi connectivity index (χ4n) is 3.36. The highest BCUT2D eigenvalue weighted by Gasteiger charge is 2.33. The average Bonchev–Trinajstić information content (AvgIpc) is 3.11. The first-order valence-corrected chi connectivity index (χ1v) is 10.2. The maximum absolute atomic E-state index is 12.5. The molecule has 142 valence electrons. The summed E-state index contributed by atoms with van der Waals surface area (Å²) in [6, 6.07) is 2.14. The Kier molecular flexibility index (Phi) is 5.40. The molecular weight excluding hydrogens is 352 g/mol. The van der Waals surface area contributed by atoms with Gasteiger partial charge in [0.15, 0.2) is 0 Å². The normalized spacial score (nSPS) is 19.4. The molecule has 1 saturated heterocycles. The highest BCUT2D eigenvalue weighted by atomic mass is 32.2. The third-order valence-corrected chi connectivity index (χ3v) is 6.59. The minimum absolute atomic E-state index is 0.0117. The fraction of sp³-hybridized carbons (Fsp3) is 0.588. The van der Waals surface area contributed by atoms with E-state index in [1.54, 1.807) is 37.0 Å². The fourth-order valence-corrected chi connectivity index (χ4v) is 4.55. The van der Waals surface area contributed by atoms with Gasteiger partial charge in [0.25, 0.3) is 10.2 Å². The molecule has 0 aliphatic carbocycles. The second-order valence-electron chi connectivity index (χ2n) is 7.03. The Morgan fingerprint density at radius 2 is 1.92 bits per heavy atom. The van der Waals surface area contributed by atoms with Crippen LogP contribution >= 0.6 is 0 Å². The van der Waals surface area contributed by atoms with Crippen molar-refractivity contribution in [2.24, 2.45) is 0 Å². The summed E-state index contributed by atoms with van der Waals surface area (Å²) in [6.07, 6.45) is 6.80. The van der Waals surface area contributed by atoms with E-state index in [4.69, 9.17) is 0 Å². The van der Waals surface area contributed by atoms with Crippen molar-refractivity contribution < 1.29 is 8.42 Å². The number of nitrogens with zero attached hydrogens (tertiary/aromatic N) is 6. The van der Waals surface area contributed by atoms with Gasteiger partial charge in [-0.15, -0.1) is 0 Å². The van der Waals surface area contributed by atoms with Crippen LogP contribution in [-0.4, -0.2) is 64.0 Å². The maximum Gasteiger partial charge on any atom is 0.281 e. The zero-order chi connectivity index (χ0) is 18.9. The Morgan fingerprint density at radius 1 is 1.19 bits per heavy atom. The van der Waals surface area contributed by atoms with Crippen molar-refractivity contribution in [3.8, 4) is 11.4 Å². The predicted molar refractivity (Wildman–Crippen MR) is 99.8 cm³/mol. The Balaban J connectivity index is 1.97. The van der Waals surface area contributed by atoms with Crippen molar-refractivity contribution >= 4 is 10.2 Å². The molecule has 1 atom stereocenters. The summed E-state index contributed by atoms with van der Waals surface area (Å²) in [7, 11) is -0.301. The minimum atomic E-state index is -3.43. The standard InChI is InChI=1S/C17H26N6O2S/c1-13(2)23-15(7-8-20-23)17-16(18-9-10-19-17)14-6-5-11-22(12-14)26(24,25)21(3)4/h7-10,13-14H,5-6,11-12H2,1-4H3/t14-/m0/s1. The molecule has 0 saturated carbocycles. The highest BCUT2D eigenvalue weighted by molar-refractivity contribution is 7.86. The first kappa shape index (κ1) is 18.9. The first-order chi connectivity index (χ1) is 12.3. The van der Waals surface area contributed by atoms with E-state index < -0.39 is 10.2 Å². The van der Waals surface area contributed by atoms with Gasteiger partial charge in [0, 0.05) is 57.7 Å². The van der Waals surface area contributed by atoms with E-state index in [0.29, 0.717) is 13.1 Å². The van der Waals surface area contributed by atoms with Gasteiger partial charge in [-0.3, -0.25) is 14.6 Å². The molecular formula is C17H26N6O2S.